The van der Waals surface area contributed by atoms with Gasteiger partial charge in [-0.3, -0.25) is 9.59 Å². The van der Waals surface area contributed by atoms with Crippen LogP contribution in [-0.4, -0.2) is 49.6 Å². The quantitative estimate of drug-likeness (QED) is 0.537. The smallest absolute Gasteiger partial charge is 0.260 e. The average molecular weight is 414 g/mol. The summed E-state index contributed by atoms with van der Waals surface area (Å²) in [5, 5.41) is 10.2. The molecule has 1 atom stereocenters. The van der Waals surface area contributed by atoms with Gasteiger partial charge >= 0.3 is 0 Å². The maximum absolute atomic E-state index is 12.6. The molecule has 1 amide bonds. The number of aliphatic hydroxyl groups excluding tert-OH is 1. The molecule has 1 saturated heterocycles. The zero-order valence-corrected chi connectivity index (χ0v) is 16.9. The molecule has 0 bridgehead atoms. The maximum Gasteiger partial charge on any atom is 0.260 e. The van der Waals surface area contributed by atoms with E-state index in [2.05, 4.69) is 9.97 Å². The number of hydrogen-bond donors (Lipinski definition) is 2. The number of nitrogens with zero attached hydrogens (tertiary/aromatic N) is 3. The van der Waals surface area contributed by atoms with Gasteiger partial charge in [-0.2, -0.15) is 0 Å². The SMILES string of the molecule is O=C(Cc1ccc(-c2cn(-c3ccccc3)c3nc[nH]c(=O)c23)cc1)N1CCC(O)C1. The molecule has 0 saturated carbocycles. The van der Waals surface area contributed by atoms with Crippen LogP contribution < -0.4 is 5.56 Å². The molecule has 0 radical (unpaired) electrons. The number of para-hydroxylation sites is 1. The van der Waals surface area contributed by atoms with Crippen LogP contribution in [0, 0.1) is 0 Å². The van der Waals surface area contributed by atoms with E-state index >= 15 is 0 Å². The number of carbonyl (C=O) groups excluding carboxylic acids is 1. The highest BCUT2D eigenvalue weighted by Crippen LogP contribution is 2.29. The monoisotopic (exact) mass is 414 g/mol. The van der Waals surface area contributed by atoms with Gasteiger partial charge in [0.25, 0.3) is 5.56 Å². The Labute approximate surface area is 178 Å². The second kappa shape index (κ2) is 7.85. The van der Waals surface area contributed by atoms with Crippen LogP contribution in [0.1, 0.15) is 12.0 Å². The highest BCUT2D eigenvalue weighted by Gasteiger charge is 2.24. The third-order valence-corrected chi connectivity index (χ3v) is 5.76. The summed E-state index contributed by atoms with van der Waals surface area (Å²) in [4.78, 5) is 33.9. The number of hydrogen-bond acceptors (Lipinski definition) is 4. The van der Waals surface area contributed by atoms with Crippen molar-refractivity contribution in [1.29, 1.82) is 0 Å². The number of H-pyrrole nitrogens is 1. The number of aromatic nitrogens is 3. The molecule has 2 aromatic carbocycles. The lowest BCUT2D eigenvalue weighted by atomic mass is 10.0. The Hall–Kier alpha value is -3.71. The lowest BCUT2D eigenvalue weighted by Crippen LogP contribution is -2.30. The minimum absolute atomic E-state index is 0.0191. The van der Waals surface area contributed by atoms with Crippen LogP contribution in [0.2, 0.25) is 0 Å². The third-order valence-electron chi connectivity index (χ3n) is 5.76. The van der Waals surface area contributed by atoms with Crippen molar-refractivity contribution in [2.75, 3.05) is 13.1 Å². The molecule has 7 nitrogen and oxygen atoms in total. The number of nitrogens with one attached hydrogen (secondary N) is 1. The fourth-order valence-electron chi connectivity index (χ4n) is 4.13. The van der Waals surface area contributed by atoms with Crippen molar-refractivity contribution in [3.63, 3.8) is 0 Å². The second-order valence-corrected chi connectivity index (χ2v) is 7.83. The number of aromatic amines is 1. The van der Waals surface area contributed by atoms with Gasteiger partial charge in [0.2, 0.25) is 5.91 Å². The lowest BCUT2D eigenvalue weighted by Gasteiger charge is -2.15. The van der Waals surface area contributed by atoms with Crippen molar-refractivity contribution >= 4 is 16.9 Å². The number of benzene rings is 2. The van der Waals surface area contributed by atoms with Gasteiger partial charge in [0.15, 0.2) is 5.65 Å². The van der Waals surface area contributed by atoms with Crippen molar-refractivity contribution in [2.24, 2.45) is 0 Å². The second-order valence-electron chi connectivity index (χ2n) is 7.83. The summed E-state index contributed by atoms with van der Waals surface area (Å²) >= 11 is 0. The summed E-state index contributed by atoms with van der Waals surface area (Å²) in [5.74, 6) is 0.0191. The summed E-state index contributed by atoms with van der Waals surface area (Å²) in [6.45, 7) is 1.01. The molecule has 1 unspecified atom stereocenters. The molecule has 156 valence electrons. The molecule has 1 aliphatic rings. The van der Waals surface area contributed by atoms with Crippen LogP contribution in [0.3, 0.4) is 0 Å². The molecule has 3 heterocycles. The zero-order valence-electron chi connectivity index (χ0n) is 16.9. The first-order chi connectivity index (χ1) is 15.1. The molecule has 0 aliphatic carbocycles. The topological polar surface area (TPSA) is 91.2 Å². The lowest BCUT2D eigenvalue weighted by molar-refractivity contribution is -0.129. The fourth-order valence-corrected chi connectivity index (χ4v) is 4.13. The highest BCUT2D eigenvalue weighted by atomic mass is 16.3. The Bertz CT molecular complexity index is 1290. The van der Waals surface area contributed by atoms with Crippen molar-refractivity contribution in [3.8, 4) is 16.8 Å². The van der Waals surface area contributed by atoms with E-state index < -0.39 is 6.10 Å². The number of amides is 1. The van der Waals surface area contributed by atoms with E-state index in [1.165, 1.54) is 6.33 Å². The van der Waals surface area contributed by atoms with E-state index in [0.29, 0.717) is 37.0 Å². The van der Waals surface area contributed by atoms with Gasteiger partial charge in [0, 0.05) is 30.5 Å². The number of fused-ring (bicyclic) bond motifs is 1. The Morgan fingerprint density at radius 3 is 2.61 bits per heavy atom. The van der Waals surface area contributed by atoms with E-state index in [0.717, 1.165) is 22.4 Å². The fraction of sp³-hybridized carbons (Fsp3) is 0.208. The standard InChI is InChI=1S/C24H22N4O3/c29-19-10-11-27(13-19)21(30)12-16-6-8-17(9-7-16)20-14-28(18-4-2-1-3-5-18)23-22(20)24(31)26-15-25-23/h1-9,14-15,19,29H,10-13H2,(H,25,26,31). The third kappa shape index (κ3) is 3.64. The molecule has 5 rings (SSSR count). The Morgan fingerprint density at radius 2 is 1.90 bits per heavy atom. The normalized spacial score (nSPS) is 16.2. The van der Waals surface area contributed by atoms with Crippen molar-refractivity contribution in [3.05, 3.63) is 83.0 Å². The number of β-amino-alcohol motifs (C(OH)–C–C–N with tert-alkyl or cyclic N) is 1. The summed E-state index contributed by atoms with van der Waals surface area (Å²) in [6, 6.07) is 17.5. The molecule has 0 spiro atoms. The van der Waals surface area contributed by atoms with Crippen LogP contribution in [0.15, 0.2) is 71.9 Å². The van der Waals surface area contributed by atoms with Gasteiger partial charge in [-0.15, -0.1) is 0 Å². The minimum atomic E-state index is -0.417. The summed E-state index contributed by atoms with van der Waals surface area (Å²) < 4.78 is 1.91. The molecule has 1 aliphatic heterocycles. The van der Waals surface area contributed by atoms with Crippen LogP contribution in [0.25, 0.3) is 27.8 Å². The largest absolute Gasteiger partial charge is 0.391 e. The Balaban J connectivity index is 1.48. The number of carbonyl (C=O) groups is 1. The van der Waals surface area contributed by atoms with Crippen molar-refractivity contribution < 1.29 is 9.90 Å². The van der Waals surface area contributed by atoms with Gasteiger partial charge in [-0.05, 0) is 29.7 Å². The van der Waals surface area contributed by atoms with Crippen molar-refractivity contribution in [2.45, 2.75) is 18.9 Å². The van der Waals surface area contributed by atoms with Gasteiger partial charge in [0.1, 0.15) is 0 Å². The van der Waals surface area contributed by atoms with Crippen LogP contribution in [0.4, 0.5) is 0 Å². The van der Waals surface area contributed by atoms with Gasteiger partial charge < -0.3 is 19.6 Å². The molecule has 1 fully saturated rings. The van der Waals surface area contributed by atoms with E-state index in [4.69, 9.17) is 0 Å². The molecular weight excluding hydrogens is 392 g/mol. The van der Waals surface area contributed by atoms with Crippen LogP contribution in [0.5, 0.6) is 0 Å². The molecule has 2 N–H and O–H groups in total. The number of rotatable bonds is 4. The zero-order chi connectivity index (χ0) is 21.4. The van der Waals surface area contributed by atoms with E-state index in [-0.39, 0.29) is 11.5 Å². The molecule has 2 aromatic heterocycles. The minimum Gasteiger partial charge on any atom is -0.391 e. The van der Waals surface area contributed by atoms with Crippen molar-refractivity contribution in [1.82, 2.24) is 19.4 Å². The first-order valence-corrected chi connectivity index (χ1v) is 10.3. The van der Waals surface area contributed by atoms with Gasteiger partial charge in [-0.25, -0.2) is 4.98 Å². The Morgan fingerprint density at radius 1 is 1.13 bits per heavy atom. The van der Waals surface area contributed by atoms with E-state index in [1.54, 1.807) is 4.90 Å². The molecule has 4 aromatic rings. The van der Waals surface area contributed by atoms with Crippen LogP contribution >= 0.6 is 0 Å². The summed E-state index contributed by atoms with van der Waals surface area (Å²) in [7, 11) is 0. The summed E-state index contributed by atoms with van der Waals surface area (Å²) in [6.07, 6.45) is 3.85. The van der Waals surface area contributed by atoms with Crippen LogP contribution in [-0.2, 0) is 11.2 Å². The molecular formula is C24H22N4O3. The van der Waals surface area contributed by atoms with Gasteiger partial charge in [0.05, 0.1) is 24.2 Å². The first-order valence-electron chi connectivity index (χ1n) is 10.3. The number of likely N-dealkylation sites (tertiary alicyclic amines) is 1. The predicted octanol–water partition coefficient (Wildman–Crippen LogP) is 2.52. The average Bonchev–Trinajstić information content (AvgIpc) is 3.40. The first kappa shape index (κ1) is 19.3. The highest BCUT2D eigenvalue weighted by molar-refractivity contribution is 5.94. The number of aliphatic hydroxyl groups is 1. The molecule has 31 heavy (non-hydrogen) atoms. The van der Waals surface area contributed by atoms with Gasteiger partial charge in [-0.1, -0.05) is 42.5 Å². The van der Waals surface area contributed by atoms with E-state index in [9.17, 15) is 14.7 Å². The Kier molecular flexibility index (Phi) is 4.88. The summed E-state index contributed by atoms with van der Waals surface area (Å²) in [5.41, 5.74) is 3.89. The maximum atomic E-state index is 12.6. The van der Waals surface area contributed by atoms with E-state index in [1.807, 2.05) is 65.4 Å². The molecule has 7 heteroatoms. The predicted molar refractivity (Wildman–Crippen MR) is 118 cm³/mol.